The van der Waals surface area contributed by atoms with Crippen LogP contribution in [0.2, 0.25) is 0 Å². The van der Waals surface area contributed by atoms with Crippen LogP contribution in [0.5, 0.6) is 0 Å². The Bertz CT molecular complexity index is 472. The van der Waals surface area contributed by atoms with Gasteiger partial charge in [-0.15, -0.1) is 0 Å². The quantitative estimate of drug-likeness (QED) is 0.586. The van der Waals surface area contributed by atoms with E-state index in [4.69, 9.17) is 11.0 Å². The highest BCUT2D eigenvalue weighted by molar-refractivity contribution is 6.00. The van der Waals surface area contributed by atoms with E-state index in [1.165, 1.54) is 24.3 Å². The van der Waals surface area contributed by atoms with E-state index in [1.807, 2.05) is 0 Å². The maximum Gasteiger partial charge on any atom is 0.259 e. The van der Waals surface area contributed by atoms with Crippen LogP contribution in [-0.2, 0) is 4.79 Å². The Hall–Kier alpha value is -2.15. The summed E-state index contributed by atoms with van der Waals surface area (Å²) in [6, 6.07) is 5.96. The van der Waals surface area contributed by atoms with Gasteiger partial charge >= 0.3 is 0 Å². The number of primary amides is 1. The highest BCUT2D eigenvalue weighted by Gasteiger charge is 2.04. The van der Waals surface area contributed by atoms with Gasteiger partial charge in [-0.25, -0.2) is 4.39 Å². The van der Waals surface area contributed by atoms with Gasteiger partial charge in [0.05, 0.1) is 0 Å². The summed E-state index contributed by atoms with van der Waals surface area (Å²) < 4.78 is 12.9. The average molecular weight is 204 g/mol. The molecule has 0 fully saturated rings. The predicted octanol–water partition coefficient (Wildman–Crippen LogP) is 1.53. The van der Waals surface area contributed by atoms with Crippen molar-refractivity contribution in [2.24, 2.45) is 5.73 Å². The first-order valence-electron chi connectivity index (χ1n) is 4.22. The van der Waals surface area contributed by atoms with Crippen molar-refractivity contribution in [3.63, 3.8) is 0 Å². The van der Waals surface area contributed by atoms with Crippen LogP contribution in [0.25, 0.3) is 6.08 Å². The van der Waals surface area contributed by atoms with Gasteiger partial charge in [0.1, 0.15) is 17.5 Å². The molecule has 3 nitrogen and oxygen atoms in total. The molecule has 1 amide bonds. The van der Waals surface area contributed by atoms with Crippen LogP contribution in [0.4, 0.5) is 4.39 Å². The van der Waals surface area contributed by atoms with Crippen molar-refractivity contribution in [2.45, 2.75) is 6.92 Å². The fraction of sp³-hybridized carbons (Fsp3) is 0.0909. The number of aryl methyl sites for hydroxylation is 1. The maximum atomic E-state index is 12.9. The number of nitrogens with two attached hydrogens (primary N) is 1. The Morgan fingerprint density at radius 2 is 2.27 bits per heavy atom. The SMILES string of the molecule is Cc1cc(/C=C(/C#N)C(N)=O)ccc1F. The minimum atomic E-state index is -0.792. The second-order valence-corrected chi connectivity index (χ2v) is 3.04. The van der Waals surface area contributed by atoms with Crippen LogP contribution in [0.15, 0.2) is 23.8 Å². The number of carbonyl (C=O) groups is 1. The fourth-order valence-electron chi connectivity index (χ4n) is 1.08. The number of benzene rings is 1. The Balaban J connectivity index is 3.14. The summed E-state index contributed by atoms with van der Waals surface area (Å²) in [5.41, 5.74) is 5.83. The molecule has 0 bridgehead atoms. The van der Waals surface area contributed by atoms with Crippen molar-refractivity contribution in [3.8, 4) is 6.07 Å². The summed E-state index contributed by atoms with van der Waals surface area (Å²) in [4.78, 5) is 10.7. The average Bonchev–Trinajstić information content (AvgIpc) is 2.19. The van der Waals surface area contributed by atoms with E-state index in [0.29, 0.717) is 11.1 Å². The van der Waals surface area contributed by atoms with Crippen molar-refractivity contribution < 1.29 is 9.18 Å². The molecule has 76 valence electrons. The lowest BCUT2D eigenvalue weighted by atomic mass is 10.1. The summed E-state index contributed by atoms with van der Waals surface area (Å²) in [6.45, 7) is 1.60. The number of nitriles is 1. The molecule has 2 N–H and O–H groups in total. The van der Waals surface area contributed by atoms with Crippen molar-refractivity contribution in [2.75, 3.05) is 0 Å². The highest BCUT2D eigenvalue weighted by Crippen LogP contribution is 2.12. The molecule has 0 radical (unpaired) electrons. The van der Waals surface area contributed by atoms with Gasteiger partial charge in [0, 0.05) is 0 Å². The molecular weight excluding hydrogens is 195 g/mol. The van der Waals surface area contributed by atoms with E-state index in [9.17, 15) is 9.18 Å². The van der Waals surface area contributed by atoms with Gasteiger partial charge in [-0.2, -0.15) is 5.26 Å². The zero-order valence-corrected chi connectivity index (χ0v) is 8.12. The second kappa shape index (κ2) is 4.38. The lowest BCUT2D eigenvalue weighted by Gasteiger charge is -1.98. The minimum absolute atomic E-state index is 0.152. The van der Waals surface area contributed by atoms with Gasteiger partial charge < -0.3 is 5.73 Å². The lowest BCUT2D eigenvalue weighted by Crippen LogP contribution is -2.12. The second-order valence-electron chi connectivity index (χ2n) is 3.04. The summed E-state index contributed by atoms with van der Waals surface area (Å²) in [7, 11) is 0. The minimum Gasteiger partial charge on any atom is -0.365 e. The molecule has 0 spiro atoms. The number of amides is 1. The van der Waals surface area contributed by atoms with Crippen molar-refractivity contribution >= 4 is 12.0 Å². The van der Waals surface area contributed by atoms with Crippen LogP contribution >= 0.6 is 0 Å². The van der Waals surface area contributed by atoms with E-state index in [0.717, 1.165) is 0 Å². The van der Waals surface area contributed by atoms with E-state index in [1.54, 1.807) is 13.0 Å². The zero-order valence-electron chi connectivity index (χ0n) is 8.12. The van der Waals surface area contributed by atoms with Crippen LogP contribution in [-0.4, -0.2) is 5.91 Å². The van der Waals surface area contributed by atoms with Gasteiger partial charge in [0.15, 0.2) is 0 Å². The summed E-state index contributed by atoms with van der Waals surface area (Å²) in [6.07, 6.45) is 1.33. The molecule has 1 rings (SSSR count). The van der Waals surface area contributed by atoms with Crippen LogP contribution in [0.3, 0.4) is 0 Å². The third-order valence-corrected chi connectivity index (χ3v) is 1.88. The van der Waals surface area contributed by atoms with Crippen molar-refractivity contribution in [1.29, 1.82) is 5.26 Å². The number of carbonyl (C=O) groups excluding carboxylic acids is 1. The van der Waals surface area contributed by atoms with E-state index in [-0.39, 0.29) is 11.4 Å². The molecule has 0 saturated heterocycles. The van der Waals surface area contributed by atoms with E-state index < -0.39 is 5.91 Å². The number of hydrogen-bond donors (Lipinski definition) is 1. The maximum absolute atomic E-state index is 12.9. The van der Waals surface area contributed by atoms with Crippen molar-refractivity contribution in [3.05, 3.63) is 40.7 Å². The summed E-state index contributed by atoms with van der Waals surface area (Å²) in [5, 5.41) is 8.59. The zero-order chi connectivity index (χ0) is 11.4. The van der Waals surface area contributed by atoms with Crippen LogP contribution in [0.1, 0.15) is 11.1 Å². The molecule has 1 aromatic carbocycles. The third-order valence-electron chi connectivity index (χ3n) is 1.88. The van der Waals surface area contributed by atoms with Gasteiger partial charge in [-0.3, -0.25) is 4.79 Å². The van der Waals surface area contributed by atoms with Gasteiger partial charge in [0.2, 0.25) is 0 Å². The molecule has 0 unspecified atom stereocenters. The fourth-order valence-corrected chi connectivity index (χ4v) is 1.08. The number of halogens is 1. The highest BCUT2D eigenvalue weighted by atomic mass is 19.1. The molecule has 0 aliphatic heterocycles. The normalized spacial score (nSPS) is 10.9. The molecule has 0 aromatic heterocycles. The molecule has 0 aliphatic rings. The van der Waals surface area contributed by atoms with Crippen molar-refractivity contribution in [1.82, 2.24) is 0 Å². The first-order chi connectivity index (χ1) is 7.04. The first kappa shape index (κ1) is 10.9. The molecule has 0 aliphatic carbocycles. The summed E-state index contributed by atoms with van der Waals surface area (Å²) >= 11 is 0. The number of nitrogens with zero attached hydrogens (tertiary/aromatic N) is 1. The Labute approximate surface area is 86.6 Å². The van der Waals surface area contributed by atoms with Crippen LogP contribution in [0, 0.1) is 24.1 Å². The van der Waals surface area contributed by atoms with E-state index in [2.05, 4.69) is 0 Å². The topological polar surface area (TPSA) is 66.9 Å². The molecule has 1 aromatic rings. The van der Waals surface area contributed by atoms with E-state index >= 15 is 0 Å². The van der Waals surface area contributed by atoms with Gasteiger partial charge in [0.25, 0.3) is 5.91 Å². The summed E-state index contributed by atoms with van der Waals surface area (Å²) in [5.74, 6) is -1.12. The first-order valence-corrected chi connectivity index (χ1v) is 4.22. The van der Waals surface area contributed by atoms with Gasteiger partial charge in [-0.1, -0.05) is 6.07 Å². The van der Waals surface area contributed by atoms with Gasteiger partial charge in [-0.05, 0) is 36.3 Å². The Kier molecular flexibility index (Phi) is 3.19. The molecule has 15 heavy (non-hydrogen) atoms. The molecule has 4 heteroatoms. The monoisotopic (exact) mass is 204 g/mol. The number of rotatable bonds is 2. The number of hydrogen-bond acceptors (Lipinski definition) is 2. The Morgan fingerprint density at radius 3 is 2.73 bits per heavy atom. The molecular formula is C11H9FN2O. The largest absolute Gasteiger partial charge is 0.365 e. The standard InChI is InChI=1S/C11H9FN2O/c1-7-4-8(2-3-10(7)12)5-9(6-13)11(14)15/h2-5H,1H3,(H2,14,15)/b9-5-. The lowest BCUT2D eigenvalue weighted by molar-refractivity contribution is -0.114. The third kappa shape index (κ3) is 2.64. The smallest absolute Gasteiger partial charge is 0.259 e. The molecule has 0 heterocycles. The predicted molar refractivity (Wildman–Crippen MR) is 53.9 cm³/mol. The molecule has 0 saturated carbocycles. The van der Waals surface area contributed by atoms with Crippen LogP contribution < -0.4 is 5.73 Å². The molecule has 0 atom stereocenters. The Morgan fingerprint density at radius 1 is 1.60 bits per heavy atom.